The highest BCUT2D eigenvalue weighted by Crippen LogP contribution is 2.21. The Bertz CT molecular complexity index is 664. The molecule has 0 fully saturated rings. The number of nitrogens with one attached hydrogen (secondary N) is 1. The molecular weight excluding hydrogens is 310 g/mol. The van der Waals surface area contributed by atoms with E-state index in [0.29, 0.717) is 4.88 Å². The second-order valence-electron chi connectivity index (χ2n) is 5.59. The van der Waals surface area contributed by atoms with Crippen molar-refractivity contribution in [2.75, 3.05) is 0 Å². The van der Waals surface area contributed by atoms with Gasteiger partial charge in [-0.25, -0.2) is 0 Å². The second kappa shape index (κ2) is 7.92. The predicted molar refractivity (Wildman–Crippen MR) is 91.6 cm³/mol. The van der Waals surface area contributed by atoms with E-state index in [1.54, 1.807) is 6.07 Å². The van der Waals surface area contributed by atoms with E-state index in [1.807, 2.05) is 57.2 Å². The Morgan fingerprint density at radius 1 is 1.13 bits per heavy atom. The number of rotatable bonds is 6. The summed E-state index contributed by atoms with van der Waals surface area (Å²) in [7, 11) is 0. The fourth-order valence-corrected chi connectivity index (χ4v) is 2.97. The lowest BCUT2D eigenvalue weighted by molar-refractivity contribution is -0.147. The second-order valence-corrected chi connectivity index (χ2v) is 6.88. The number of aryl methyl sites for hydroxylation is 1. The first kappa shape index (κ1) is 17.2. The predicted octanol–water partition coefficient (Wildman–Crippen LogP) is 3.87. The van der Waals surface area contributed by atoms with Gasteiger partial charge in [0.1, 0.15) is 0 Å². The number of carbonyl (C=O) groups excluding carboxylic acids is 2. The molecule has 1 unspecified atom stereocenters. The molecule has 0 aliphatic heterocycles. The summed E-state index contributed by atoms with van der Waals surface area (Å²) < 4.78 is 5.21. The van der Waals surface area contributed by atoms with Crippen molar-refractivity contribution in [2.24, 2.45) is 0 Å². The van der Waals surface area contributed by atoms with Crippen LogP contribution in [0.1, 0.15) is 46.4 Å². The number of thiophene rings is 1. The SMILES string of the molecule is Cc1ccc(C(=O)NC(CC(=O)OC(C)C)c2ccccc2)s1. The lowest BCUT2D eigenvalue weighted by Crippen LogP contribution is -2.30. The van der Waals surface area contributed by atoms with Crippen LogP contribution < -0.4 is 5.32 Å². The van der Waals surface area contributed by atoms with E-state index in [9.17, 15) is 9.59 Å². The van der Waals surface area contributed by atoms with Gasteiger partial charge in [0, 0.05) is 4.88 Å². The van der Waals surface area contributed by atoms with Crippen molar-refractivity contribution < 1.29 is 14.3 Å². The molecule has 0 saturated carbocycles. The summed E-state index contributed by atoms with van der Waals surface area (Å²) >= 11 is 1.43. The molecule has 2 rings (SSSR count). The van der Waals surface area contributed by atoms with Gasteiger partial charge in [0.25, 0.3) is 5.91 Å². The van der Waals surface area contributed by atoms with E-state index in [-0.39, 0.29) is 24.4 Å². The maximum absolute atomic E-state index is 12.4. The molecular formula is C18H21NO3S. The molecule has 1 atom stereocenters. The van der Waals surface area contributed by atoms with Gasteiger partial charge in [-0.2, -0.15) is 0 Å². The lowest BCUT2D eigenvalue weighted by Gasteiger charge is -2.19. The van der Waals surface area contributed by atoms with Crippen LogP contribution in [0.3, 0.4) is 0 Å². The molecule has 1 aromatic heterocycles. The zero-order valence-corrected chi connectivity index (χ0v) is 14.4. The number of carbonyl (C=O) groups is 2. The summed E-state index contributed by atoms with van der Waals surface area (Å²) in [4.78, 5) is 26.1. The molecule has 122 valence electrons. The maximum Gasteiger partial charge on any atom is 0.308 e. The molecule has 0 aliphatic rings. The molecule has 1 heterocycles. The maximum atomic E-state index is 12.4. The van der Waals surface area contributed by atoms with Crippen LogP contribution in [0, 0.1) is 6.92 Å². The van der Waals surface area contributed by atoms with Crippen molar-refractivity contribution in [1.82, 2.24) is 5.32 Å². The summed E-state index contributed by atoms with van der Waals surface area (Å²) in [6, 6.07) is 12.8. The van der Waals surface area contributed by atoms with E-state index >= 15 is 0 Å². The summed E-state index contributed by atoms with van der Waals surface area (Å²) in [5.74, 6) is -0.495. The monoisotopic (exact) mass is 331 g/mol. The molecule has 1 aromatic carbocycles. The van der Waals surface area contributed by atoms with Gasteiger partial charge >= 0.3 is 5.97 Å². The number of hydrogen-bond acceptors (Lipinski definition) is 4. The number of esters is 1. The van der Waals surface area contributed by atoms with E-state index in [4.69, 9.17) is 4.74 Å². The van der Waals surface area contributed by atoms with Crippen molar-refractivity contribution >= 4 is 23.2 Å². The third kappa shape index (κ3) is 5.21. The third-order valence-corrected chi connectivity index (χ3v) is 4.21. The molecule has 0 aliphatic carbocycles. The Hall–Kier alpha value is -2.14. The third-order valence-electron chi connectivity index (χ3n) is 3.21. The Morgan fingerprint density at radius 2 is 1.83 bits per heavy atom. The fraction of sp³-hybridized carbons (Fsp3) is 0.333. The van der Waals surface area contributed by atoms with Crippen LogP contribution in [-0.4, -0.2) is 18.0 Å². The number of benzene rings is 1. The van der Waals surface area contributed by atoms with Crippen molar-refractivity contribution in [3.63, 3.8) is 0 Å². The molecule has 23 heavy (non-hydrogen) atoms. The molecule has 0 radical (unpaired) electrons. The van der Waals surface area contributed by atoms with Crippen LogP contribution in [0.2, 0.25) is 0 Å². The van der Waals surface area contributed by atoms with Gasteiger partial charge in [0.15, 0.2) is 0 Å². The van der Waals surface area contributed by atoms with Crippen LogP contribution in [0.5, 0.6) is 0 Å². The van der Waals surface area contributed by atoms with E-state index in [2.05, 4.69) is 5.32 Å². The molecule has 1 amide bonds. The summed E-state index contributed by atoms with van der Waals surface area (Å²) in [6.45, 7) is 5.57. The minimum Gasteiger partial charge on any atom is -0.463 e. The first-order valence-corrected chi connectivity index (χ1v) is 8.39. The van der Waals surface area contributed by atoms with Gasteiger partial charge in [-0.15, -0.1) is 11.3 Å². The first-order chi connectivity index (χ1) is 11.0. The summed E-state index contributed by atoms with van der Waals surface area (Å²) in [6.07, 6.45) is -0.0623. The van der Waals surface area contributed by atoms with Gasteiger partial charge in [-0.1, -0.05) is 30.3 Å². The number of amides is 1. The molecule has 4 nitrogen and oxygen atoms in total. The molecule has 1 N–H and O–H groups in total. The highest BCUT2D eigenvalue weighted by atomic mass is 32.1. The Kier molecular flexibility index (Phi) is 5.93. The normalized spacial score (nSPS) is 12.0. The van der Waals surface area contributed by atoms with Gasteiger partial charge in [-0.05, 0) is 38.5 Å². The van der Waals surface area contributed by atoms with E-state index in [1.165, 1.54) is 11.3 Å². The molecule has 5 heteroatoms. The Labute approximate surface area is 140 Å². The standard InChI is InChI=1S/C18H21NO3S/c1-12(2)22-17(20)11-15(14-7-5-4-6-8-14)19-18(21)16-10-9-13(3)23-16/h4-10,12,15H,11H2,1-3H3,(H,19,21). The van der Waals surface area contributed by atoms with Gasteiger partial charge in [0.05, 0.1) is 23.4 Å². The summed E-state index contributed by atoms with van der Waals surface area (Å²) in [5, 5.41) is 2.94. The van der Waals surface area contributed by atoms with Crippen LogP contribution in [0.15, 0.2) is 42.5 Å². The zero-order chi connectivity index (χ0) is 16.8. The van der Waals surface area contributed by atoms with Crippen LogP contribution in [-0.2, 0) is 9.53 Å². The van der Waals surface area contributed by atoms with E-state index < -0.39 is 6.04 Å². The van der Waals surface area contributed by atoms with Gasteiger partial charge in [-0.3, -0.25) is 9.59 Å². The minimum absolute atomic E-state index is 0.109. The number of hydrogen-bond donors (Lipinski definition) is 1. The molecule has 2 aromatic rings. The lowest BCUT2D eigenvalue weighted by atomic mass is 10.0. The zero-order valence-electron chi connectivity index (χ0n) is 13.5. The minimum atomic E-state index is -0.405. The van der Waals surface area contributed by atoms with Crippen LogP contribution in [0.4, 0.5) is 0 Å². The van der Waals surface area contributed by atoms with Crippen molar-refractivity contribution in [2.45, 2.75) is 39.3 Å². The number of ether oxygens (including phenoxy) is 1. The van der Waals surface area contributed by atoms with Gasteiger partial charge in [0.2, 0.25) is 0 Å². The Morgan fingerprint density at radius 3 is 2.39 bits per heavy atom. The topological polar surface area (TPSA) is 55.4 Å². The highest BCUT2D eigenvalue weighted by molar-refractivity contribution is 7.13. The molecule has 0 saturated heterocycles. The fourth-order valence-electron chi connectivity index (χ4n) is 2.20. The van der Waals surface area contributed by atoms with Crippen molar-refractivity contribution in [3.05, 3.63) is 57.8 Å². The molecule has 0 spiro atoms. The molecule has 0 bridgehead atoms. The first-order valence-electron chi connectivity index (χ1n) is 7.57. The average Bonchev–Trinajstić information content (AvgIpc) is 2.93. The quantitative estimate of drug-likeness (QED) is 0.818. The van der Waals surface area contributed by atoms with Crippen LogP contribution in [0.25, 0.3) is 0 Å². The van der Waals surface area contributed by atoms with Crippen molar-refractivity contribution in [1.29, 1.82) is 0 Å². The highest BCUT2D eigenvalue weighted by Gasteiger charge is 2.21. The summed E-state index contributed by atoms with van der Waals surface area (Å²) in [5.41, 5.74) is 0.884. The van der Waals surface area contributed by atoms with Gasteiger partial charge < -0.3 is 10.1 Å². The Balaban J connectivity index is 2.13. The largest absolute Gasteiger partial charge is 0.463 e. The van der Waals surface area contributed by atoms with Crippen molar-refractivity contribution in [3.8, 4) is 0 Å². The average molecular weight is 331 g/mol. The smallest absolute Gasteiger partial charge is 0.308 e. The van der Waals surface area contributed by atoms with Crippen LogP contribution >= 0.6 is 11.3 Å². The van der Waals surface area contributed by atoms with E-state index in [0.717, 1.165) is 10.4 Å².